The summed E-state index contributed by atoms with van der Waals surface area (Å²) in [6.07, 6.45) is 5.31. The van der Waals surface area contributed by atoms with Crippen molar-refractivity contribution < 1.29 is 21.8 Å². The Bertz CT molecular complexity index is 612. The van der Waals surface area contributed by atoms with Crippen LogP contribution in [0.4, 0.5) is 5.69 Å². The van der Waals surface area contributed by atoms with Crippen LogP contribution in [0.25, 0.3) is 0 Å². The Morgan fingerprint density at radius 2 is 1.82 bits per heavy atom. The second kappa shape index (κ2) is 8.79. The third-order valence-electron chi connectivity index (χ3n) is 2.92. The maximum atomic E-state index is 11.7. The molecule has 116 valence electrons. The zero-order chi connectivity index (χ0) is 15.1. The molecule has 0 aliphatic rings. The summed E-state index contributed by atoms with van der Waals surface area (Å²) in [5.41, 5.74) is 4.58. The summed E-state index contributed by atoms with van der Waals surface area (Å²) in [5.74, 6) is -0.160. The third-order valence-corrected chi connectivity index (χ3v) is 2.92. The first-order valence-corrected chi connectivity index (χ1v) is 6.68. The van der Waals surface area contributed by atoms with Crippen molar-refractivity contribution in [3.8, 4) is 0 Å². The number of pyridine rings is 1. The molecule has 0 saturated carbocycles. The highest BCUT2D eigenvalue weighted by atomic mass is 35.5. The van der Waals surface area contributed by atoms with Crippen molar-refractivity contribution in [3.05, 3.63) is 60.4 Å². The number of hydrazone groups is 1. The Morgan fingerprint density at radius 1 is 1.18 bits per heavy atom. The van der Waals surface area contributed by atoms with E-state index in [1.807, 2.05) is 73.9 Å². The normalized spacial score (nSPS) is 10.1. The van der Waals surface area contributed by atoms with E-state index in [0.29, 0.717) is 0 Å². The molecule has 1 aromatic heterocycles. The van der Waals surface area contributed by atoms with Crippen LogP contribution in [-0.2, 0) is 11.3 Å². The lowest BCUT2D eigenvalue weighted by molar-refractivity contribution is -0.684. The number of nitrogens with zero attached hydrogens (tertiary/aromatic N) is 3. The van der Waals surface area contributed by atoms with Gasteiger partial charge in [0, 0.05) is 31.9 Å². The number of halogens is 1. The molecular weight excluding hydrogens is 300 g/mol. The van der Waals surface area contributed by atoms with Gasteiger partial charge in [-0.25, -0.2) is 5.43 Å². The first kappa shape index (κ1) is 17.7. The lowest BCUT2D eigenvalue weighted by atomic mass is 10.2. The molecule has 2 rings (SSSR count). The Balaban J connectivity index is 0.00000242. The second-order valence-electron chi connectivity index (χ2n) is 4.83. The van der Waals surface area contributed by atoms with Gasteiger partial charge in [-0.05, 0) is 17.7 Å². The van der Waals surface area contributed by atoms with Gasteiger partial charge < -0.3 is 17.3 Å². The van der Waals surface area contributed by atoms with E-state index in [1.165, 1.54) is 0 Å². The van der Waals surface area contributed by atoms with Crippen LogP contribution in [0.15, 0.2) is 60.0 Å². The molecule has 0 radical (unpaired) electrons. The number of aromatic nitrogens is 1. The maximum Gasteiger partial charge on any atom is 0.305 e. The molecule has 22 heavy (non-hydrogen) atoms. The summed E-state index contributed by atoms with van der Waals surface area (Å²) in [5, 5.41) is 3.96. The molecule has 0 fully saturated rings. The molecule has 0 saturated heterocycles. The Labute approximate surface area is 136 Å². The molecule has 6 heteroatoms. The number of benzene rings is 1. The van der Waals surface area contributed by atoms with Gasteiger partial charge in [0.05, 0.1) is 6.21 Å². The average molecular weight is 319 g/mol. The molecule has 0 atom stereocenters. The predicted octanol–water partition coefficient (Wildman–Crippen LogP) is -1.81. The lowest BCUT2D eigenvalue weighted by Gasteiger charge is -2.11. The largest absolute Gasteiger partial charge is 1.00 e. The van der Waals surface area contributed by atoms with Crippen molar-refractivity contribution in [1.82, 2.24) is 5.43 Å². The quantitative estimate of drug-likeness (QED) is 0.401. The summed E-state index contributed by atoms with van der Waals surface area (Å²) in [6.45, 7) is 0.248. The molecule has 0 unspecified atom stereocenters. The second-order valence-corrected chi connectivity index (χ2v) is 4.83. The molecule has 1 N–H and O–H groups in total. The monoisotopic (exact) mass is 318 g/mol. The molecule has 2 aromatic rings. The van der Waals surface area contributed by atoms with E-state index in [1.54, 1.807) is 10.8 Å². The maximum absolute atomic E-state index is 11.7. The average Bonchev–Trinajstić information content (AvgIpc) is 2.49. The van der Waals surface area contributed by atoms with Crippen LogP contribution in [-0.4, -0.2) is 26.2 Å². The number of anilines is 1. The summed E-state index contributed by atoms with van der Waals surface area (Å²) in [6, 6.07) is 13.6. The first-order chi connectivity index (χ1) is 10.1. The van der Waals surface area contributed by atoms with E-state index in [-0.39, 0.29) is 24.9 Å². The number of amides is 1. The highest BCUT2D eigenvalue weighted by molar-refractivity contribution is 5.82. The van der Waals surface area contributed by atoms with Crippen LogP contribution in [0, 0.1) is 0 Å². The van der Waals surface area contributed by atoms with Gasteiger partial charge in [0.2, 0.25) is 6.54 Å². The van der Waals surface area contributed by atoms with Crippen LogP contribution in [0.1, 0.15) is 5.56 Å². The van der Waals surface area contributed by atoms with E-state index in [4.69, 9.17) is 0 Å². The minimum Gasteiger partial charge on any atom is -1.00 e. The Hall–Kier alpha value is -2.40. The standard InChI is InChI=1S/C16H18N4O.ClH/c1-19(2)15-8-6-14(7-9-15)12-17-18-16(21)13-20-10-4-3-5-11-20;/h3-12H,13H2,1-2H3;1H. The molecule has 1 aromatic carbocycles. The van der Waals surface area contributed by atoms with Crippen LogP contribution in [0.3, 0.4) is 0 Å². The van der Waals surface area contributed by atoms with E-state index in [0.717, 1.165) is 11.3 Å². The fourth-order valence-electron chi connectivity index (χ4n) is 1.78. The van der Waals surface area contributed by atoms with Gasteiger partial charge in [0.15, 0.2) is 12.4 Å². The molecule has 0 aliphatic carbocycles. The van der Waals surface area contributed by atoms with E-state index >= 15 is 0 Å². The molecule has 1 heterocycles. The smallest absolute Gasteiger partial charge is 0.305 e. The summed E-state index contributed by atoms with van der Waals surface area (Å²) in [4.78, 5) is 13.7. The third kappa shape index (κ3) is 5.54. The minimum atomic E-state index is -0.160. The minimum absolute atomic E-state index is 0. The fourth-order valence-corrected chi connectivity index (χ4v) is 1.78. The molecule has 1 amide bonds. The van der Waals surface area contributed by atoms with Gasteiger partial charge in [-0.1, -0.05) is 18.2 Å². The van der Waals surface area contributed by atoms with Crippen molar-refractivity contribution in [1.29, 1.82) is 0 Å². The SMILES string of the molecule is CN(C)c1ccc(C=NNC(=O)C[n+]2ccccc2)cc1.[Cl-]. The predicted molar refractivity (Wildman–Crippen MR) is 83.1 cm³/mol. The van der Waals surface area contributed by atoms with Crippen molar-refractivity contribution >= 4 is 17.8 Å². The Morgan fingerprint density at radius 3 is 2.41 bits per heavy atom. The van der Waals surface area contributed by atoms with Crippen LogP contribution < -0.4 is 27.3 Å². The number of carbonyl (C=O) groups excluding carboxylic acids is 1. The van der Waals surface area contributed by atoms with Gasteiger partial charge in [-0.3, -0.25) is 4.79 Å². The fraction of sp³-hybridized carbons (Fsp3) is 0.188. The van der Waals surface area contributed by atoms with Crippen molar-refractivity contribution in [2.24, 2.45) is 5.10 Å². The highest BCUT2D eigenvalue weighted by Gasteiger charge is 2.06. The zero-order valence-electron chi connectivity index (χ0n) is 12.6. The molecule has 0 aliphatic heterocycles. The van der Waals surface area contributed by atoms with E-state index < -0.39 is 0 Å². The number of hydrogen-bond acceptors (Lipinski definition) is 3. The number of rotatable bonds is 5. The topological polar surface area (TPSA) is 48.6 Å². The number of hydrogen-bond donors (Lipinski definition) is 1. The molecule has 5 nitrogen and oxygen atoms in total. The van der Waals surface area contributed by atoms with E-state index in [2.05, 4.69) is 10.5 Å². The van der Waals surface area contributed by atoms with Gasteiger partial charge in [0.1, 0.15) is 0 Å². The summed E-state index contributed by atoms with van der Waals surface area (Å²) < 4.78 is 1.79. The first-order valence-electron chi connectivity index (χ1n) is 6.68. The zero-order valence-corrected chi connectivity index (χ0v) is 13.4. The van der Waals surface area contributed by atoms with Gasteiger partial charge in [-0.2, -0.15) is 9.67 Å². The van der Waals surface area contributed by atoms with Crippen molar-refractivity contribution in [2.45, 2.75) is 6.54 Å². The van der Waals surface area contributed by atoms with E-state index in [9.17, 15) is 4.79 Å². The Kier molecular flexibility index (Phi) is 7.05. The highest BCUT2D eigenvalue weighted by Crippen LogP contribution is 2.10. The molecular formula is C16H19ClN4O. The summed E-state index contributed by atoms with van der Waals surface area (Å²) >= 11 is 0. The number of nitrogens with one attached hydrogen (secondary N) is 1. The van der Waals surface area contributed by atoms with Crippen LogP contribution >= 0.6 is 0 Å². The van der Waals surface area contributed by atoms with Crippen molar-refractivity contribution in [2.75, 3.05) is 19.0 Å². The van der Waals surface area contributed by atoms with Crippen molar-refractivity contribution in [3.63, 3.8) is 0 Å². The van der Waals surface area contributed by atoms with Gasteiger partial charge in [-0.15, -0.1) is 0 Å². The molecule has 0 spiro atoms. The van der Waals surface area contributed by atoms with Crippen LogP contribution in [0.5, 0.6) is 0 Å². The van der Waals surface area contributed by atoms with Crippen LogP contribution in [0.2, 0.25) is 0 Å². The molecule has 0 bridgehead atoms. The number of carbonyl (C=O) groups is 1. The lowest BCUT2D eigenvalue weighted by Crippen LogP contribution is -3.00. The van der Waals surface area contributed by atoms with Gasteiger partial charge >= 0.3 is 5.91 Å². The summed E-state index contributed by atoms with van der Waals surface area (Å²) in [7, 11) is 3.98. The van der Waals surface area contributed by atoms with Gasteiger partial charge in [0.25, 0.3) is 0 Å².